The first kappa shape index (κ1) is 89.5. The van der Waals surface area contributed by atoms with Gasteiger partial charge in [-0.1, -0.05) is 308 Å². The molecule has 0 aromatic rings. The lowest BCUT2D eigenvalue weighted by atomic mass is 9.96. The van der Waals surface area contributed by atoms with E-state index in [-0.39, 0.29) is 18.9 Å². The molecule has 0 radical (unpaired) electrons. The molecule has 1 amide bonds. The Hall–Kier alpha value is -1.73. The number of carbonyl (C=O) groups excluding carboxylic acids is 1. The average molecular weight is 1390 g/mol. The van der Waals surface area contributed by atoms with Crippen LogP contribution >= 0.6 is 0 Å². The van der Waals surface area contributed by atoms with Crippen LogP contribution in [0.5, 0.6) is 0 Å². The lowest BCUT2D eigenvalue weighted by Crippen LogP contribution is -2.66. The first-order valence-electron chi connectivity index (χ1n) is 40.1. The summed E-state index contributed by atoms with van der Waals surface area (Å²) in [6, 6.07) is -0.972. The second-order valence-electron chi connectivity index (χ2n) is 28.9. The fourth-order valence-electron chi connectivity index (χ4n) is 13.8. The van der Waals surface area contributed by atoms with Crippen molar-refractivity contribution in [3.63, 3.8) is 0 Å². The van der Waals surface area contributed by atoms with Crippen molar-refractivity contribution >= 4 is 5.91 Å². The van der Waals surface area contributed by atoms with Gasteiger partial charge in [-0.15, -0.1) is 0 Å². The highest BCUT2D eigenvalue weighted by Crippen LogP contribution is 2.33. The quantitative estimate of drug-likeness (QED) is 0.0199. The molecule has 17 unspecified atom stereocenters. The van der Waals surface area contributed by atoms with Crippen molar-refractivity contribution in [3.05, 3.63) is 24.3 Å². The molecule has 3 saturated heterocycles. The van der Waals surface area contributed by atoms with Crippen LogP contribution in [0.1, 0.15) is 335 Å². The first-order valence-corrected chi connectivity index (χ1v) is 40.1. The third kappa shape index (κ3) is 40.2. The van der Waals surface area contributed by atoms with Crippen molar-refractivity contribution in [2.75, 3.05) is 26.4 Å². The summed E-state index contributed by atoms with van der Waals surface area (Å²) in [5.41, 5.74) is 0. The average Bonchev–Trinajstić information content (AvgIpc) is 0.789. The Kier molecular flexibility index (Phi) is 55.0. The van der Waals surface area contributed by atoms with E-state index in [0.717, 1.165) is 44.9 Å². The van der Waals surface area contributed by atoms with Crippen molar-refractivity contribution in [2.45, 2.75) is 439 Å². The number of ether oxygens (including phenoxy) is 6. The molecule has 3 aliphatic heterocycles. The number of unbranched alkanes of at least 4 members (excludes halogenated alkanes) is 46. The van der Waals surface area contributed by atoms with Crippen LogP contribution < -0.4 is 5.32 Å². The number of carbonyl (C=O) groups is 1. The van der Waals surface area contributed by atoms with Crippen molar-refractivity contribution in [1.82, 2.24) is 5.32 Å². The number of aliphatic hydroxyl groups excluding tert-OH is 11. The van der Waals surface area contributed by atoms with E-state index in [0.29, 0.717) is 6.42 Å². The van der Waals surface area contributed by atoms with Gasteiger partial charge in [0.1, 0.15) is 73.2 Å². The summed E-state index contributed by atoms with van der Waals surface area (Å²) in [5, 5.41) is 121. The van der Waals surface area contributed by atoms with Gasteiger partial charge < -0.3 is 89.9 Å². The first-order chi connectivity index (χ1) is 47.3. The maximum atomic E-state index is 13.5. The van der Waals surface area contributed by atoms with Crippen LogP contribution in [0.2, 0.25) is 0 Å². The number of aliphatic hydroxyl groups is 11. The molecule has 0 aromatic carbocycles. The Balaban J connectivity index is 1.38. The fourth-order valence-corrected chi connectivity index (χ4v) is 13.8. The number of rotatable bonds is 64. The van der Waals surface area contributed by atoms with E-state index in [2.05, 4.69) is 31.3 Å². The van der Waals surface area contributed by atoms with Crippen LogP contribution in [0, 0.1) is 0 Å². The van der Waals surface area contributed by atoms with Gasteiger partial charge in [0.15, 0.2) is 18.9 Å². The molecule has 3 rings (SSSR count). The molecule has 3 fully saturated rings. The number of hydrogen-bond donors (Lipinski definition) is 12. The standard InChI is InChI=1S/C78H147NO18/c1-3-5-7-9-11-13-15-17-19-21-23-25-27-28-29-30-31-32-34-36-38-40-42-44-46-48-50-52-54-56-66(84)79-61(62(83)55-53-51-49-47-45-43-41-39-37-35-33-26-24-22-20-18-16-14-12-10-8-6-4-2)60-92-76-72(90)69(87)74(64(58-81)94-76)97-78-73(91)70(88)75(65(59-82)95-78)96-77-71(89)68(86)67(85)63(57-80)93-77/h21,23,53,55,61-65,67-78,80-83,85-91H,3-20,22,24-52,54,56-60H2,1-2H3,(H,79,84)/b23-21-,55-53+. The van der Waals surface area contributed by atoms with Crippen molar-refractivity contribution < 1.29 is 89.4 Å². The van der Waals surface area contributed by atoms with Crippen LogP contribution in [0.3, 0.4) is 0 Å². The van der Waals surface area contributed by atoms with Gasteiger partial charge in [0, 0.05) is 6.42 Å². The number of nitrogens with one attached hydrogen (secondary N) is 1. The minimum absolute atomic E-state index is 0.248. The summed E-state index contributed by atoms with van der Waals surface area (Å²) in [6.45, 7) is 1.79. The monoisotopic (exact) mass is 1390 g/mol. The summed E-state index contributed by atoms with van der Waals surface area (Å²) in [7, 11) is 0. The zero-order valence-electron chi connectivity index (χ0n) is 61.1. The molecule has 0 aliphatic carbocycles. The Morgan fingerprint density at radius 1 is 0.361 bits per heavy atom. The summed E-state index contributed by atoms with van der Waals surface area (Å²) < 4.78 is 34.5. The Morgan fingerprint density at radius 2 is 0.649 bits per heavy atom. The number of hydrogen-bond acceptors (Lipinski definition) is 18. The lowest BCUT2D eigenvalue weighted by molar-refractivity contribution is -0.379. The van der Waals surface area contributed by atoms with Gasteiger partial charge in [0.05, 0.1) is 38.6 Å². The zero-order chi connectivity index (χ0) is 70.4. The largest absolute Gasteiger partial charge is 0.394 e. The molecule has 0 spiro atoms. The molecule has 572 valence electrons. The van der Waals surface area contributed by atoms with Gasteiger partial charge in [-0.25, -0.2) is 0 Å². The molecule has 3 heterocycles. The number of amides is 1. The molecular weight excluding hydrogens is 1240 g/mol. The summed E-state index contributed by atoms with van der Waals surface area (Å²) >= 11 is 0. The van der Waals surface area contributed by atoms with E-state index in [4.69, 9.17) is 28.4 Å². The molecule has 0 saturated carbocycles. The molecule has 3 aliphatic rings. The molecule has 12 N–H and O–H groups in total. The highest BCUT2D eigenvalue weighted by atomic mass is 16.8. The highest BCUT2D eigenvalue weighted by Gasteiger charge is 2.54. The molecular formula is C78H147NO18. The lowest BCUT2D eigenvalue weighted by Gasteiger charge is -2.48. The Morgan fingerprint density at radius 3 is 1.00 bits per heavy atom. The maximum absolute atomic E-state index is 13.5. The maximum Gasteiger partial charge on any atom is 0.220 e. The van der Waals surface area contributed by atoms with Gasteiger partial charge in [0.2, 0.25) is 5.91 Å². The van der Waals surface area contributed by atoms with E-state index in [1.54, 1.807) is 6.08 Å². The number of allylic oxidation sites excluding steroid dienone is 3. The Bertz CT molecular complexity index is 1850. The fraction of sp³-hybridized carbons (Fsp3) is 0.936. The van der Waals surface area contributed by atoms with Crippen molar-refractivity contribution in [1.29, 1.82) is 0 Å². The molecule has 0 aromatic heterocycles. The predicted molar refractivity (Wildman–Crippen MR) is 383 cm³/mol. The molecule has 17 atom stereocenters. The van der Waals surface area contributed by atoms with E-state index in [1.165, 1.54) is 263 Å². The van der Waals surface area contributed by atoms with Gasteiger partial charge in [-0.3, -0.25) is 4.79 Å². The molecule has 0 bridgehead atoms. The van der Waals surface area contributed by atoms with E-state index < -0.39 is 124 Å². The summed E-state index contributed by atoms with van der Waals surface area (Å²) in [6.07, 6.45) is 44.5. The minimum Gasteiger partial charge on any atom is -0.394 e. The van der Waals surface area contributed by atoms with Gasteiger partial charge in [0.25, 0.3) is 0 Å². The normalized spacial score (nSPS) is 27.0. The second kappa shape index (κ2) is 59.6. The van der Waals surface area contributed by atoms with Gasteiger partial charge >= 0.3 is 0 Å². The van der Waals surface area contributed by atoms with Crippen LogP contribution in [0.25, 0.3) is 0 Å². The van der Waals surface area contributed by atoms with Crippen molar-refractivity contribution in [2.24, 2.45) is 0 Å². The summed E-state index contributed by atoms with van der Waals surface area (Å²) in [4.78, 5) is 13.5. The van der Waals surface area contributed by atoms with E-state index in [9.17, 15) is 61.0 Å². The van der Waals surface area contributed by atoms with Crippen LogP contribution in [0.4, 0.5) is 0 Å². The highest BCUT2D eigenvalue weighted by molar-refractivity contribution is 5.76. The van der Waals surface area contributed by atoms with Gasteiger partial charge in [-0.05, 0) is 44.9 Å². The van der Waals surface area contributed by atoms with Crippen LogP contribution in [-0.2, 0) is 33.2 Å². The molecule has 19 nitrogen and oxygen atoms in total. The van der Waals surface area contributed by atoms with E-state index in [1.807, 2.05) is 6.08 Å². The third-order valence-corrected chi connectivity index (χ3v) is 20.2. The molecule has 97 heavy (non-hydrogen) atoms. The predicted octanol–water partition coefficient (Wildman–Crippen LogP) is 13.0. The van der Waals surface area contributed by atoms with Crippen molar-refractivity contribution in [3.8, 4) is 0 Å². The third-order valence-electron chi connectivity index (χ3n) is 20.2. The van der Waals surface area contributed by atoms with Gasteiger partial charge in [-0.2, -0.15) is 0 Å². The van der Waals surface area contributed by atoms with Crippen LogP contribution in [0.15, 0.2) is 24.3 Å². The smallest absolute Gasteiger partial charge is 0.220 e. The zero-order valence-corrected chi connectivity index (χ0v) is 61.1. The summed E-state index contributed by atoms with van der Waals surface area (Å²) in [5.74, 6) is -0.268. The SMILES string of the molecule is CCCCCCCCCC/C=C\CCCCCCCCCCCCCCCCCCCC(=O)NC(COC1OC(CO)C(OC2OC(CO)C(OC3OC(CO)C(O)C(O)C3O)C(O)C2O)C(O)C1O)C(O)/C=C/CCCCCCCCCCCCCCCCCCCCCCC. The Labute approximate surface area is 588 Å². The van der Waals surface area contributed by atoms with E-state index >= 15 is 0 Å². The minimum atomic E-state index is -1.98. The van der Waals surface area contributed by atoms with Crippen LogP contribution in [-0.4, -0.2) is 193 Å². The second-order valence-corrected chi connectivity index (χ2v) is 28.9. The molecule has 19 heteroatoms. The topological polar surface area (TPSA) is 307 Å².